The molecule has 0 bridgehead atoms. The number of amides is 3. The van der Waals surface area contributed by atoms with Gasteiger partial charge in [-0.2, -0.15) is 0 Å². The number of thioether (sulfide) groups is 1. The molecule has 1 atom stereocenters. The molecular weight excluding hydrogens is 488 g/mol. The zero-order valence-electron chi connectivity index (χ0n) is 19.7. The number of fused-ring (bicyclic) bond motifs is 2. The van der Waals surface area contributed by atoms with E-state index in [1.54, 1.807) is 27.7 Å². The van der Waals surface area contributed by atoms with Crippen LogP contribution >= 0.6 is 23.4 Å². The van der Waals surface area contributed by atoms with Gasteiger partial charge in [-0.3, -0.25) is 24.3 Å². The summed E-state index contributed by atoms with van der Waals surface area (Å²) in [4.78, 5) is 45.4. The maximum absolute atomic E-state index is 14.2. The Bertz CT molecular complexity index is 1190. The summed E-state index contributed by atoms with van der Waals surface area (Å²) in [6.07, 6.45) is -0.304. The standard InChI is InChI=1S/C25H27ClN4O4S/c1-3-34-24(33)28-12-10-27(11-13-28)16-29-21-7-5-4-6-19(21)25(23(29)32)30(22(31)15-35-25)18-9-8-17(2)20(26)14-18/h4-9,14H,3,10-13,15-16H2,1-2H3/t25-/m0/s1. The summed E-state index contributed by atoms with van der Waals surface area (Å²) in [5.74, 6) is -0.0560. The zero-order chi connectivity index (χ0) is 24.7. The largest absolute Gasteiger partial charge is 0.450 e. The topological polar surface area (TPSA) is 73.4 Å². The summed E-state index contributed by atoms with van der Waals surface area (Å²) < 4.78 is 5.11. The first-order chi connectivity index (χ1) is 16.9. The lowest BCUT2D eigenvalue weighted by molar-refractivity contribution is -0.124. The van der Waals surface area contributed by atoms with Crippen LogP contribution in [0.1, 0.15) is 18.1 Å². The lowest BCUT2D eigenvalue weighted by atomic mass is 10.0. The minimum atomic E-state index is -1.17. The van der Waals surface area contributed by atoms with Crippen LogP contribution < -0.4 is 9.80 Å². The molecule has 3 aliphatic heterocycles. The molecule has 184 valence electrons. The SMILES string of the molecule is CCOC(=O)N1CCN(CN2C(=O)[C@@]3(SCC(=O)N3c3ccc(C)c(Cl)c3)c3ccccc32)CC1. The van der Waals surface area contributed by atoms with E-state index >= 15 is 0 Å². The van der Waals surface area contributed by atoms with Crippen LogP contribution in [0.3, 0.4) is 0 Å². The van der Waals surface area contributed by atoms with Gasteiger partial charge in [-0.05, 0) is 37.6 Å². The van der Waals surface area contributed by atoms with Gasteiger partial charge >= 0.3 is 6.09 Å². The molecule has 1 spiro atoms. The Morgan fingerprint density at radius 1 is 1.11 bits per heavy atom. The first-order valence-electron chi connectivity index (χ1n) is 11.7. The van der Waals surface area contributed by atoms with Crippen LogP contribution in [0.2, 0.25) is 5.02 Å². The third-order valence-corrected chi connectivity index (χ3v) is 8.51. The molecule has 8 nitrogen and oxygen atoms in total. The number of hydrogen-bond donors (Lipinski definition) is 0. The van der Waals surface area contributed by atoms with Crippen LogP contribution in [-0.4, -0.2) is 72.9 Å². The highest BCUT2D eigenvalue weighted by Gasteiger charge is 2.61. The highest BCUT2D eigenvalue weighted by atomic mass is 35.5. The van der Waals surface area contributed by atoms with Crippen LogP contribution in [0.5, 0.6) is 0 Å². The van der Waals surface area contributed by atoms with E-state index in [9.17, 15) is 14.4 Å². The summed E-state index contributed by atoms with van der Waals surface area (Å²) in [5.41, 5.74) is 3.13. The second-order valence-electron chi connectivity index (χ2n) is 8.79. The van der Waals surface area contributed by atoms with Gasteiger partial charge in [0.25, 0.3) is 5.91 Å². The number of anilines is 2. The molecule has 3 aliphatic rings. The number of carbonyl (C=O) groups excluding carboxylic acids is 3. The van der Waals surface area contributed by atoms with Gasteiger partial charge in [-0.15, -0.1) is 11.8 Å². The van der Waals surface area contributed by atoms with Gasteiger partial charge in [0.2, 0.25) is 10.8 Å². The highest BCUT2D eigenvalue weighted by molar-refractivity contribution is 8.02. The van der Waals surface area contributed by atoms with E-state index in [2.05, 4.69) is 4.90 Å². The average Bonchev–Trinajstić information content (AvgIpc) is 3.32. The third-order valence-electron chi connectivity index (χ3n) is 6.72. The molecular formula is C25H27ClN4O4S. The summed E-state index contributed by atoms with van der Waals surface area (Å²) in [6.45, 7) is 6.75. The lowest BCUT2D eigenvalue weighted by Gasteiger charge is -2.37. The third kappa shape index (κ3) is 3.95. The van der Waals surface area contributed by atoms with Gasteiger partial charge < -0.3 is 9.64 Å². The Labute approximate surface area is 213 Å². The second-order valence-corrected chi connectivity index (χ2v) is 10.4. The molecule has 2 fully saturated rings. The first-order valence-corrected chi connectivity index (χ1v) is 13.0. The number of benzene rings is 2. The predicted octanol–water partition coefficient (Wildman–Crippen LogP) is 3.66. The molecule has 0 saturated carbocycles. The van der Waals surface area contributed by atoms with Crippen LogP contribution in [0.4, 0.5) is 16.2 Å². The Morgan fingerprint density at radius 3 is 2.57 bits per heavy atom. The van der Waals surface area contributed by atoms with Crippen LogP contribution in [0.15, 0.2) is 42.5 Å². The molecule has 2 saturated heterocycles. The second kappa shape index (κ2) is 9.37. The van der Waals surface area contributed by atoms with Gasteiger partial charge in [0.05, 0.1) is 24.7 Å². The highest BCUT2D eigenvalue weighted by Crippen LogP contribution is 2.55. The van der Waals surface area contributed by atoms with E-state index in [0.717, 1.165) is 16.8 Å². The van der Waals surface area contributed by atoms with Crippen molar-refractivity contribution in [2.45, 2.75) is 18.7 Å². The van der Waals surface area contributed by atoms with Crippen molar-refractivity contribution >= 4 is 52.6 Å². The van der Waals surface area contributed by atoms with Crippen molar-refractivity contribution in [2.24, 2.45) is 0 Å². The number of carbonyl (C=O) groups is 3. The van der Waals surface area contributed by atoms with Crippen molar-refractivity contribution in [1.82, 2.24) is 9.80 Å². The van der Waals surface area contributed by atoms with Crippen LogP contribution in [-0.2, 0) is 19.2 Å². The molecule has 35 heavy (non-hydrogen) atoms. The maximum atomic E-state index is 14.2. The number of ether oxygens (including phenoxy) is 1. The molecule has 5 rings (SSSR count). The smallest absolute Gasteiger partial charge is 0.409 e. The molecule has 2 aromatic carbocycles. The van der Waals surface area contributed by atoms with E-state index in [0.29, 0.717) is 50.2 Å². The predicted molar refractivity (Wildman–Crippen MR) is 137 cm³/mol. The van der Waals surface area contributed by atoms with Gasteiger partial charge in [0.1, 0.15) is 0 Å². The molecule has 2 aromatic rings. The minimum absolute atomic E-state index is 0.122. The van der Waals surface area contributed by atoms with Crippen LogP contribution in [0, 0.1) is 6.92 Å². The van der Waals surface area contributed by atoms with Crippen molar-refractivity contribution in [3.63, 3.8) is 0 Å². The number of piperazine rings is 1. The van der Waals surface area contributed by atoms with Gasteiger partial charge in [0, 0.05) is 42.5 Å². The quantitative estimate of drug-likeness (QED) is 0.620. The number of halogens is 1. The molecule has 0 radical (unpaired) electrons. The Morgan fingerprint density at radius 2 is 1.86 bits per heavy atom. The normalized spacial score (nSPS) is 22.3. The van der Waals surface area contributed by atoms with Crippen molar-refractivity contribution < 1.29 is 19.1 Å². The molecule has 0 N–H and O–H groups in total. The molecule has 10 heteroatoms. The summed E-state index contributed by atoms with van der Waals surface area (Å²) in [6, 6.07) is 13.1. The number of aryl methyl sites for hydroxylation is 1. The summed E-state index contributed by atoms with van der Waals surface area (Å²) in [7, 11) is 0. The maximum Gasteiger partial charge on any atom is 0.409 e. The monoisotopic (exact) mass is 514 g/mol. The fourth-order valence-corrected chi connectivity index (χ4v) is 6.44. The number of rotatable bonds is 4. The van der Waals surface area contributed by atoms with E-state index in [1.165, 1.54) is 11.8 Å². The summed E-state index contributed by atoms with van der Waals surface area (Å²) >= 11 is 7.75. The molecule has 0 aliphatic carbocycles. The molecule has 3 amide bonds. The molecule has 3 heterocycles. The van der Waals surface area contributed by atoms with Crippen molar-refractivity contribution in [1.29, 1.82) is 0 Å². The summed E-state index contributed by atoms with van der Waals surface area (Å²) in [5, 5.41) is 0.553. The van der Waals surface area contributed by atoms with Crippen molar-refractivity contribution in [2.75, 3.05) is 55.0 Å². The fraction of sp³-hybridized carbons (Fsp3) is 0.400. The molecule has 0 aromatic heterocycles. The van der Waals surface area contributed by atoms with Crippen LogP contribution in [0.25, 0.3) is 0 Å². The molecule has 0 unspecified atom stereocenters. The number of nitrogens with zero attached hydrogens (tertiary/aromatic N) is 4. The van der Waals surface area contributed by atoms with E-state index in [-0.39, 0.29) is 23.7 Å². The number of hydrogen-bond acceptors (Lipinski definition) is 6. The Balaban J connectivity index is 1.44. The van der Waals surface area contributed by atoms with E-state index in [4.69, 9.17) is 16.3 Å². The number of para-hydroxylation sites is 1. The van der Waals surface area contributed by atoms with Gasteiger partial charge in [-0.25, -0.2) is 4.79 Å². The minimum Gasteiger partial charge on any atom is -0.450 e. The van der Waals surface area contributed by atoms with E-state index < -0.39 is 4.87 Å². The van der Waals surface area contributed by atoms with Gasteiger partial charge in [0.15, 0.2) is 0 Å². The van der Waals surface area contributed by atoms with Crippen molar-refractivity contribution in [3.05, 3.63) is 58.6 Å². The Kier molecular flexibility index (Phi) is 6.41. The lowest BCUT2D eigenvalue weighted by Crippen LogP contribution is -2.55. The van der Waals surface area contributed by atoms with Crippen molar-refractivity contribution in [3.8, 4) is 0 Å². The first kappa shape index (κ1) is 24.0. The Hall–Kier alpha value is -2.75. The fourth-order valence-electron chi connectivity index (χ4n) is 4.90. The van der Waals surface area contributed by atoms with E-state index in [1.807, 2.05) is 43.3 Å². The zero-order valence-corrected chi connectivity index (χ0v) is 21.3. The van der Waals surface area contributed by atoms with Gasteiger partial charge in [-0.1, -0.05) is 35.9 Å². The average molecular weight is 515 g/mol.